The zero-order chi connectivity index (χ0) is 21.6. The van der Waals surface area contributed by atoms with Gasteiger partial charge in [0.2, 0.25) is 5.91 Å². The molecule has 2 heterocycles. The Bertz CT molecular complexity index is 897. The Hall–Kier alpha value is -3.22. The van der Waals surface area contributed by atoms with Crippen molar-refractivity contribution in [3.8, 4) is 5.75 Å². The first-order valence-corrected chi connectivity index (χ1v) is 10.9. The smallest absolute Gasteiger partial charge is 0.321 e. The van der Waals surface area contributed by atoms with Crippen LogP contribution in [0.3, 0.4) is 0 Å². The van der Waals surface area contributed by atoms with Crippen molar-refractivity contribution >= 4 is 23.3 Å². The highest BCUT2D eigenvalue weighted by atomic mass is 16.5. The number of rotatable bonds is 4. The number of carbonyl (C=O) groups is 2. The van der Waals surface area contributed by atoms with Gasteiger partial charge in [-0.05, 0) is 37.1 Å². The predicted molar refractivity (Wildman–Crippen MR) is 122 cm³/mol. The van der Waals surface area contributed by atoms with E-state index in [9.17, 15) is 9.59 Å². The number of hydrogen-bond acceptors (Lipinski definition) is 4. The van der Waals surface area contributed by atoms with Gasteiger partial charge in [-0.15, -0.1) is 0 Å². The molecule has 2 aliphatic heterocycles. The molecular formula is C24H30N4O3. The Morgan fingerprint density at radius 2 is 1.71 bits per heavy atom. The number of carbonyl (C=O) groups excluding carboxylic acids is 2. The van der Waals surface area contributed by atoms with Gasteiger partial charge in [-0.3, -0.25) is 4.79 Å². The molecular weight excluding hydrogens is 392 g/mol. The summed E-state index contributed by atoms with van der Waals surface area (Å²) < 4.78 is 5.32. The monoisotopic (exact) mass is 422 g/mol. The molecule has 7 nitrogen and oxygen atoms in total. The summed E-state index contributed by atoms with van der Waals surface area (Å²) in [6.07, 6.45) is 1.69. The van der Waals surface area contributed by atoms with Crippen LogP contribution in [-0.2, 0) is 4.79 Å². The van der Waals surface area contributed by atoms with Gasteiger partial charge in [-0.25, -0.2) is 4.79 Å². The second-order valence-electron chi connectivity index (χ2n) is 8.10. The molecule has 31 heavy (non-hydrogen) atoms. The number of likely N-dealkylation sites (tertiary alicyclic amines) is 1. The zero-order valence-electron chi connectivity index (χ0n) is 18.0. The molecule has 164 valence electrons. The molecule has 0 aliphatic carbocycles. The van der Waals surface area contributed by atoms with Gasteiger partial charge >= 0.3 is 6.03 Å². The number of methoxy groups -OCH3 is 1. The van der Waals surface area contributed by atoms with Gasteiger partial charge in [0.25, 0.3) is 0 Å². The molecule has 0 saturated carbocycles. The zero-order valence-corrected chi connectivity index (χ0v) is 18.0. The molecule has 2 fully saturated rings. The molecule has 0 spiro atoms. The summed E-state index contributed by atoms with van der Waals surface area (Å²) >= 11 is 0. The second-order valence-corrected chi connectivity index (χ2v) is 8.10. The summed E-state index contributed by atoms with van der Waals surface area (Å²) in [5.74, 6) is 0.883. The number of ether oxygens (including phenoxy) is 1. The summed E-state index contributed by atoms with van der Waals surface area (Å²) in [6, 6.07) is 17.3. The topological polar surface area (TPSA) is 65.1 Å². The number of amides is 3. The largest absolute Gasteiger partial charge is 0.497 e. The van der Waals surface area contributed by atoms with Crippen molar-refractivity contribution in [1.82, 2.24) is 9.80 Å². The third-order valence-corrected chi connectivity index (χ3v) is 6.09. The van der Waals surface area contributed by atoms with E-state index >= 15 is 0 Å². The van der Waals surface area contributed by atoms with Crippen LogP contribution in [-0.4, -0.2) is 68.1 Å². The Labute approximate surface area is 183 Å². The highest BCUT2D eigenvalue weighted by Crippen LogP contribution is 2.24. The van der Waals surface area contributed by atoms with E-state index < -0.39 is 0 Å². The van der Waals surface area contributed by atoms with Crippen LogP contribution in [0.5, 0.6) is 5.75 Å². The predicted octanol–water partition coefficient (Wildman–Crippen LogP) is 3.29. The molecule has 3 amide bonds. The van der Waals surface area contributed by atoms with Gasteiger partial charge in [-0.2, -0.15) is 0 Å². The lowest BCUT2D eigenvalue weighted by atomic mass is 9.96. The van der Waals surface area contributed by atoms with E-state index in [0.717, 1.165) is 43.1 Å². The number of anilines is 2. The minimum atomic E-state index is -0.133. The van der Waals surface area contributed by atoms with Crippen LogP contribution in [0.4, 0.5) is 16.2 Å². The van der Waals surface area contributed by atoms with E-state index in [-0.39, 0.29) is 17.9 Å². The molecule has 0 bridgehead atoms. The maximum Gasteiger partial charge on any atom is 0.321 e. The summed E-state index contributed by atoms with van der Waals surface area (Å²) in [4.78, 5) is 31.8. The number of hydrogen-bond donors (Lipinski definition) is 1. The fourth-order valence-electron chi connectivity index (χ4n) is 4.34. The van der Waals surface area contributed by atoms with Gasteiger partial charge in [0.15, 0.2) is 0 Å². The molecule has 1 N–H and O–H groups in total. The van der Waals surface area contributed by atoms with Crippen LogP contribution >= 0.6 is 0 Å². The van der Waals surface area contributed by atoms with E-state index in [2.05, 4.69) is 16.3 Å². The quantitative estimate of drug-likeness (QED) is 0.821. The molecule has 2 saturated heterocycles. The highest BCUT2D eigenvalue weighted by Gasteiger charge is 2.32. The first kappa shape index (κ1) is 21.0. The van der Waals surface area contributed by atoms with E-state index in [1.807, 2.05) is 53.4 Å². The number of para-hydroxylation sites is 1. The third kappa shape index (κ3) is 5.10. The van der Waals surface area contributed by atoms with Crippen LogP contribution < -0.4 is 15.0 Å². The van der Waals surface area contributed by atoms with Crippen molar-refractivity contribution in [3.63, 3.8) is 0 Å². The molecule has 4 rings (SSSR count). The molecule has 0 unspecified atom stereocenters. The average Bonchev–Trinajstić information content (AvgIpc) is 2.84. The highest BCUT2D eigenvalue weighted by molar-refractivity contribution is 5.90. The SMILES string of the molecule is COc1cccc(N2CCN(C(=O)[C@H]3CCCN(C(=O)Nc4ccccc4)C3)CC2)c1. The summed E-state index contributed by atoms with van der Waals surface area (Å²) in [6.45, 7) is 4.15. The van der Waals surface area contributed by atoms with Crippen LogP contribution in [0.25, 0.3) is 0 Å². The molecule has 7 heteroatoms. The maximum atomic E-state index is 13.2. The number of nitrogens with zero attached hydrogens (tertiary/aromatic N) is 3. The van der Waals surface area contributed by atoms with E-state index in [1.54, 1.807) is 12.0 Å². The van der Waals surface area contributed by atoms with Crippen LogP contribution in [0, 0.1) is 5.92 Å². The van der Waals surface area contributed by atoms with Crippen molar-refractivity contribution in [2.45, 2.75) is 12.8 Å². The van der Waals surface area contributed by atoms with Crippen LogP contribution in [0.1, 0.15) is 12.8 Å². The van der Waals surface area contributed by atoms with Crippen LogP contribution in [0.15, 0.2) is 54.6 Å². The van der Waals surface area contributed by atoms with Crippen molar-refractivity contribution in [1.29, 1.82) is 0 Å². The minimum absolute atomic E-state index is 0.126. The lowest BCUT2D eigenvalue weighted by Crippen LogP contribution is -2.53. The van der Waals surface area contributed by atoms with E-state index in [0.29, 0.717) is 26.2 Å². The van der Waals surface area contributed by atoms with Gasteiger partial charge in [0.1, 0.15) is 5.75 Å². The first-order valence-electron chi connectivity index (χ1n) is 10.9. The Morgan fingerprint density at radius 3 is 2.45 bits per heavy atom. The molecule has 0 aromatic heterocycles. The number of piperidine rings is 1. The summed E-state index contributed by atoms with van der Waals surface area (Å²) in [5, 5.41) is 2.93. The lowest BCUT2D eigenvalue weighted by Gasteiger charge is -2.39. The Balaban J connectivity index is 1.30. The number of piperazine rings is 1. The van der Waals surface area contributed by atoms with Crippen molar-refractivity contribution in [2.75, 3.05) is 56.6 Å². The standard InChI is InChI=1S/C24H30N4O3/c1-31-22-11-5-10-21(17-22)26-13-15-27(16-14-26)23(29)19-7-6-12-28(18-19)24(30)25-20-8-3-2-4-9-20/h2-5,8-11,17,19H,6-7,12-16,18H2,1H3,(H,25,30)/t19-/m0/s1. The van der Waals surface area contributed by atoms with E-state index in [4.69, 9.17) is 4.74 Å². The van der Waals surface area contributed by atoms with Gasteiger partial charge in [0, 0.05) is 56.7 Å². The number of nitrogens with one attached hydrogen (secondary N) is 1. The van der Waals surface area contributed by atoms with Crippen molar-refractivity contribution in [3.05, 3.63) is 54.6 Å². The second kappa shape index (κ2) is 9.73. The van der Waals surface area contributed by atoms with Crippen molar-refractivity contribution in [2.24, 2.45) is 5.92 Å². The van der Waals surface area contributed by atoms with Gasteiger partial charge in [0.05, 0.1) is 13.0 Å². The van der Waals surface area contributed by atoms with Gasteiger partial charge < -0.3 is 24.8 Å². The fourth-order valence-corrected chi connectivity index (χ4v) is 4.34. The lowest BCUT2D eigenvalue weighted by molar-refractivity contribution is -0.137. The normalized spacial score (nSPS) is 19.1. The number of urea groups is 1. The first-order chi connectivity index (χ1) is 15.1. The summed E-state index contributed by atoms with van der Waals surface area (Å²) in [7, 11) is 1.67. The molecule has 2 aliphatic rings. The van der Waals surface area contributed by atoms with E-state index in [1.165, 1.54) is 0 Å². The molecule has 0 radical (unpaired) electrons. The van der Waals surface area contributed by atoms with Crippen molar-refractivity contribution < 1.29 is 14.3 Å². The Kier molecular flexibility index (Phi) is 6.60. The maximum absolute atomic E-state index is 13.2. The third-order valence-electron chi connectivity index (χ3n) is 6.09. The van der Waals surface area contributed by atoms with Gasteiger partial charge in [-0.1, -0.05) is 24.3 Å². The number of benzene rings is 2. The fraction of sp³-hybridized carbons (Fsp3) is 0.417. The minimum Gasteiger partial charge on any atom is -0.497 e. The average molecular weight is 423 g/mol. The van der Waals surface area contributed by atoms with Crippen LogP contribution in [0.2, 0.25) is 0 Å². The Morgan fingerprint density at radius 1 is 0.935 bits per heavy atom. The molecule has 2 aromatic carbocycles. The summed E-state index contributed by atoms with van der Waals surface area (Å²) in [5.41, 5.74) is 1.89. The molecule has 1 atom stereocenters. The molecule has 2 aromatic rings.